The lowest BCUT2D eigenvalue weighted by Gasteiger charge is -2.35. The Balaban J connectivity index is 1.12. The maximum absolute atomic E-state index is 12.7. The third-order valence-corrected chi connectivity index (χ3v) is 13.7. The number of methoxy groups -OCH3 is 1. The van der Waals surface area contributed by atoms with E-state index in [0.717, 1.165) is 18.0 Å². The van der Waals surface area contributed by atoms with Gasteiger partial charge in [-0.1, -0.05) is 4.98 Å². The summed E-state index contributed by atoms with van der Waals surface area (Å²) < 4.78 is 96.8. The summed E-state index contributed by atoms with van der Waals surface area (Å²) in [6.07, 6.45) is -12.4. The van der Waals surface area contributed by atoms with E-state index in [4.69, 9.17) is 34.7 Å². The summed E-state index contributed by atoms with van der Waals surface area (Å²) in [6.45, 7) is 0.146. The Morgan fingerprint density at radius 2 is 1.55 bits per heavy atom. The summed E-state index contributed by atoms with van der Waals surface area (Å²) in [6, 6.07) is 0. The van der Waals surface area contributed by atoms with E-state index < -0.39 is 123 Å². The first-order chi connectivity index (χ1) is 27.8. The van der Waals surface area contributed by atoms with Gasteiger partial charge in [-0.3, -0.25) is 37.2 Å². The van der Waals surface area contributed by atoms with Crippen molar-refractivity contribution in [3.05, 3.63) is 23.0 Å². The number of phosphoric acid groups is 4. The Morgan fingerprint density at radius 3 is 2.15 bits per heavy atom. The number of nitrogens with zero attached hydrogens (tertiary/aromatic N) is 7. The van der Waals surface area contributed by atoms with E-state index in [1.807, 2.05) is 0 Å². The standard InChI is InChI=1S/C25H38N10O21P4/c1-9(2)53-59(44,45)54-17-11(52-22(15(17)37)34-7-28-12-18(34)29-24(26)31-20(12)38)6-50-58(42,43)56-60(46,47)55-57(40,41)49-5-10-16(48-4)14(36)23(51-10)35-8-33(3)13-19(35)30-25(27)32-21(13)39/h7-11,14-17,22-23,36-37H,5-6H2,1-4H3,(H9-,26,27,29,30,31,32,38,39,40,41,42,43,44,45,46,47)/p-4/t10-,11-,14?,15?,16?,17+,22-,23-/m1/s1. The summed E-state index contributed by atoms with van der Waals surface area (Å²) in [4.78, 5) is 80.1. The first kappa shape index (κ1) is 46.1. The molecular weight excluding hydrogens is 900 g/mol. The van der Waals surface area contributed by atoms with Gasteiger partial charge in [0.1, 0.15) is 36.6 Å². The Hall–Kier alpha value is -3.38. The van der Waals surface area contributed by atoms with Crippen LogP contribution in [-0.2, 0) is 66.2 Å². The molecule has 2 saturated heterocycles. The Kier molecular flexibility index (Phi) is 13.1. The zero-order chi connectivity index (χ0) is 44.3. The molecule has 2 aliphatic heterocycles. The fourth-order valence-electron chi connectivity index (χ4n) is 6.20. The molecule has 7 N–H and O–H groups in total. The third kappa shape index (κ3) is 9.95. The van der Waals surface area contributed by atoms with Crippen LogP contribution in [0.2, 0.25) is 0 Å². The number of aliphatic hydroxyl groups is 2. The Labute approximate surface area is 334 Å². The Bertz CT molecular complexity index is 2500. The molecule has 334 valence electrons. The van der Waals surface area contributed by atoms with Crippen LogP contribution < -0.4 is 46.3 Å². The van der Waals surface area contributed by atoms with Crippen LogP contribution in [0.5, 0.6) is 5.88 Å². The third-order valence-electron chi connectivity index (χ3n) is 8.42. The first-order valence-corrected chi connectivity index (χ1v) is 22.6. The maximum atomic E-state index is 12.7. The van der Waals surface area contributed by atoms with E-state index in [1.165, 1.54) is 36.4 Å². The number of nitrogens with one attached hydrogen (secondary N) is 1. The van der Waals surface area contributed by atoms with Crippen LogP contribution in [0.4, 0.5) is 11.9 Å². The molecule has 31 nitrogen and oxygen atoms in total. The molecule has 2 aliphatic rings. The number of aliphatic hydroxyl groups excluding tert-OH is 2. The number of phosphoric ester groups is 3. The zero-order valence-electron chi connectivity index (χ0n) is 31.0. The second kappa shape index (κ2) is 17.1. The molecule has 35 heteroatoms. The summed E-state index contributed by atoms with van der Waals surface area (Å²) in [7, 11) is -21.5. The topological polar surface area (TPSA) is 457 Å². The van der Waals surface area contributed by atoms with Crippen molar-refractivity contribution in [1.82, 2.24) is 34.1 Å². The van der Waals surface area contributed by atoms with Crippen molar-refractivity contribution in [2.24, 2.45) is 7.05 Å². The van der Waals surface area contributed by atoms with Crippen molar-refractivity contribution < 1.29 is 98.6 Å². The van der Waals surface area contributed by atoms with Gasteiger partial charge in [0.05, 0.1) is 32.7 Å². The minimum atomic E-state index is -6.49. The number of ether oxygens (including phenoxy) is 3. The van der Waals surface area contributed by atoms with Crippen molar-refractivity contribution in [2.45, 2.75) is 69.0 Å². The molecule has 0 saturated carbocycles. The number of imidazole rings is 2. The second-order valence-electron chi connectivity index (χ2n) is 13.0. The SMILES string of the molecule is COC1C(O)[C@H]([n+]2cn(C)c3c([O-])nc(N)nc32)O[C@@H]1COP(=O)([O-])OP(=O)([O-])OP(=O)([O-])OC[C@H]1O[C@@H](n2cnc3c(=O)[nH]c(N)nc32)C(O)[C@H]1OP(=O)([O-])OC(C)C. The number of nitrogen functional groups attached to an aromatic ring is 2. The van der Waals surface area contributed by atoms with Crippen LogP contribution in [0.1, 0.15) is 26.3 Å². The van der Waals surface area contributed by atoms with Crippen LogP contribution in [-0.4, -0.2) is 107 Å². The highest BCUT2D eigenvalue weighted by Crippen LogP contribution is 2.63. The summed E-state index contributed by atoms with van der Waals surface area (Å²) >= 11 is 0. The quantitative estimate of drug-likeness (QED) is 0.0488. The second-order valence-corrected chi connectivity index (χ2v) is 18.9. The highest BCUT2D eigenvalue weighted by Gasteiger charge is 2.50. The fraction of sp³-hybridized carbons (Fsp3) is 0.600. The average molecular weight is 934 g/mol. The normalized spacial score (nSPS) is 28.9. The molecular formula is C25H34N10O21P4-4. The van der Waals surface area contributed by atoms with Crippen LogP contribution in [0.25, 0.3) is 22.3 Å². The van der Waals surface area contributed by atoms with Gasteiger partial charge < -0.3 is 78.7 Å². The molecule has 0 amide bonds. The number of rotatable bonds is 17. The Morgan fingerprint density at radius 1 is 0.933 bits per heavy atom. The number of anilines is 2. The van der Waals surface area contributed by atoms with E-state index in [2.05, 4.69) is 42.6 Å². The van der Waals surface area contributed by atoms with E-state index >= 15 is 0 Å². The predicted molar refractivity (Wildman–Crippen MR) is 181 cm³/mol. The number of aryl methyl sites for hydroxylation is 1. The molecule has 12 atom stereocenters. The number of nitrogens with two attached hydrogens (primary N) is 2. The molecule has 4 aromatic heterocycles. The number of hydrogen-bond acceptors (Lipinski definition) is 27. The van der Waals surface area contributed by atoms with E-state index in [1.54, 1.807) is 0 Å². The zero-order valence-corrected chi connectivity index (χ0v) is 34.6. The molecule has 0 aliphatic carbocycles. The molecule has 6 rings (SSSR count). The number of hydrogen-bond donors (Lipinski definition) is 5. The molecule has 60 heavy (non-hydrogen) atoms. The lowest BCUT2D eigenvalue weighted by Crippen LogP contribution is -2.46. The summed E-state index contributed by atoms with van der Waals surface area (Å²) in [5, 5.41) is 34.4. The van der Waals surface area contributed by atoms with Gasteiger partial charge in [-0.05, 0) is 13.8 Å². The van der Waals surface area contributed by atoms with E-state index in [9.17, 15) is 57.9 Å². The highest BCUT2D eigenvalue weighted by molar-refractivity contribution is 7.65. The largest absolute Gasteiger partial charge is 0.856 e. The highest BCUT2D eigenvalue weighted by atomic mass is 31.3. The molecule has 0 bridgehead atoms. The van der Waals surface area contributed by atoms with Gasteiger partial charge in [0, 0.05) is 13.0 Å². The van der Waals surface area contributed by atoms with Crippen molar-refractivity contribution in [2.75, 3.05) is 31.8 Å². The van der Waals surface area contributed by atoms with Gasteiger partial charge in [-0.2, -0.15) is 4.98 Å². The van der Waals surface area contributed by atoms with Crippen LogP contribution in [0.15, 0.2) is 17.4 Å². The van der Waals surface area contributed by atoms with Crippen molar-refractivity contribution in [3.8, 4) is 5.88 Å². The van der Waals surface area contributed by atoms with Crippen molar-refractivity contribution >= 4 is 65.5 Å². The van der Waals surface area contributed by atoms with E-state index in [0.29, 0.717) is 0 Å². The molecule has 2 fully saturated rings. The molecule has 4 aromatic rings. The molecule has 7 unspecified atom stereocenters. The average Bonchev–Trinajstić information content (AvgIpc) is 3.83. The van der Waals surface area contributed by atoms with Crippen LogP contribution >= 0.6 is 31.3 Å². The van der Waals surface area contributed by atoms with Crippen molar-refractivity contribution in [1.29, 1.82) is 0 Å². The number of fused-ring (bicyclic) bond motifs is 2. The smallest absolute Gasteiger partial charge is 0.309 e. The number of H-pyrrole nitrogens is 1. The molecule has 0 aromatic carbocycles. The van der Waals surface area contributed by atoms with E-state index in [-0.39, 0.29) is 22.3 Å². The van der Waals surface area contributed by atoms with Gasteiger partial charge >= 0.3 is 5.65 Å². The molecule has 0 radical (unpaired) electrons. The van der Waals surface area contributed by atoms with Gasteiger partial charge in [0.25, 0.3) is 42.8 Å². The monoisotopic (exact) mass is 934 g/mol. The fourth-order valence-corrected chi connectivity index (χ4v) is 10.7. The van der Waals surface area contributed by atoms with Crippen molar-refractivity contribution in [3.63, 3.8) is 0 Å². The molecule has 0 spiro atoms. The maximum Gasteiger partial charge on any atom is 0.309 e. The summed E-state index contributed by atoms with van der Waals surface area (Å²) in [5.41, 5.74) is 9.66. The van der Waals surface area contributed by atoms with Crippen LogP contribution in [0, 0.1) is 0 Å². The first-order valence-electron chi connectivity index (χ1n) is 16.8. The minimum Gasteiger partial charge on any atom is -0.856 e. The van der Waals surface area contributed by atoms with Gasteiger partial charge in [0.15, 0.2) is 29.2 Å². The van der Waals surface area contributed by atoms with Gasteiger partial charge in [-0.25, -0.2) is 23.2 Å². The lowest BCUT2D eigenvalue weighted by molar-refractivity contribution is -0.745. The van der Waals surface area contributed by atoms with Gasteiger partial charge in [0.2, 0.25) is 12.2 Å². The molecule has 6 heterocycles. The lowest BCUT2D eigenvalue weighted by atomic mass is 10.1. The summed E-state index contributed by atoms with van der Waals surface area (Å²) in [5.74, 6) is -1.57. The van der Waals surface area contributed by atoms with Gasteiger partial charge in [-0.15, -0.1) is 0 Å². The number of aromatic amines is 1. The van der Waals surface area contributed by atoms with Crippen LogP contribution in [0.3, 0.4) is 0 Å². The predicted octanol–water partition coefficient (Wildman–Crippen LogP) is -5.09. The minimum absolute atomic E-state index is 0.0437. The number of aromatic nitrogens is 8.